The lowest BCUT2D eigenvalue weighted by Gasteiger charge is -2.32. The van der Waals surface area contributed by atoms with Gasteiger partial charge in [-0.1, -0.05) is 5.16 Å². The van der Waals surface area contributed by atoms with Gasteiger partial charge < -0.3 is 18.9 Å². The van der Waals surface area contributed by atoms with Crippen LogP contribution < -0.4 is 0 Å². The normalized spacial score (nSPS) is 18.1. The first-order chi connectivity index (χ1) is 12.0. The first-order valence-electron chi connectivity index (χ1n) is 8.93. The van der Waals surface area contributed by atoms with Gasteiger partial charge >= 0.3 is 0 Å². The van der Waals surface area contributed by atoms with E-state index in [0.717, 1.165) is 44.7 Å². The van der Waals surface area contributed by atoms with Crippen LogP contribution in [0.3, 0.4) is 0 Å². The van der Waals surface area contributed by atoms with Gasteiger partial charge in [-0.05, 0) is 46.8 Å². The van der Waals surface area contributed by atoms with Gasteiger partial charge in [-0.25, -0.2) is 4.98 Å². The molecule has 0 unspecified atom stereocenters. The van der Waals surface area contributed by atoms with E-state index in [9.17, 15) is 4.79 Å². The first-order valence-corrected chi connectivity index (χ1v) is 8.93. The molecule has 3 heterocycles. The lowest BCUT2D eigenvalue weighted by atomic mass is 9.96. The van der Waals surface area contributed by atoms with Gasteiger partial charge in [-0.15, -0.1) is 0 Å². The lowest BCUT2D eigenvalue weighted by molar-refractivity contribution is 0.0692. The van der Waals surface area contributed by atoms with Crippen LogP contribution in [0, 0.1) is 6.92 Å². The maximum Gasteiger partial charge on any atom is 0.276 e. The first kappa shape index (κ1) is 17.7. The molecule has 0 radical (unpaired) electrons. The van der Waals surface area contributed by atoms with E-state index in [4.69, 9.17) is 4.52 Å². The predicted octanol–water partition coefficient (Wildman–Crippen LogP) is 2.15. The van der Waals surface area contributed by atoms with Crippen LogP contribution in [0.2, 0.25) is 0 Å². The van der Waals surface area contributed by atoms with E-state index in [-0.39, 0.29) is 11.8 Å². The van der Waals surface area contributed by atoms with Gasteiger partial charge in [0, 0.05) is 44.0 Å². The molecule has 0 N–H and O–H groups in total. The number of carbonyl (C=O) groups excluding carboxylic acids is 1. The van der Waals surface area contributed by atoms with E-state index in [0.29, 0.717) is 18.0 Å². The van der Waals surface area contributed by atoms with Crippen LogP contribution in [-0.2, 0) is 6.54 Å². The summed E-state index contributed by atoms with van der Waals surface area (Å²) in [5.74, 6) is 1.98. The zero-order valence-electron chi connectivity index (χ0n) is 15.3. The van der Waals surface area contributed by atoms with E-state index in [1.165, 1.54) is 0 Å². The van der Waals surface area contributed by atoms with Crippen molar-refractivity contribution >= 4 is 5.91 Å². The number of carbonyl (C=O) groups is 1. The molecule has 2 aromatic heterocycles. The third-order valence-corrected chi connectivity index (χ3v) is 4.67. The number of hydrogen-bond acceptors (Lipinski definition) is 5. The predicted molar refractivity (Wildman–Crippen MR) is 94.5 cm³/mol. The van der Waals surface area contributed by atoms with Crippen molar-refractivity contribution in [2.45, 2.75) is 38.6 Å². The van der Waals surface area contributed by atoms with Gasteiger partial charge in [0.25, 0.3) is 5.91 Å². The highest BCUT2D eigenvalue weighted by molar-refractivity contribution is 5.92. The molecule has 0 saturated carbocycles. The molecule has 0 bridgehead atoms. The Morgan fingerprint density at radius 3 is 3.00 bits per heavy atom. The standard InChI is InChI=1S/C18H27N5O2/c1-14-12-16(20-25-14)18(24)23-9-4-6-15(13-23)17-19-7-11-22(17)10-5-8-21(2)3/h7,11-12,15H,4-6,8-10,13H2,1-3H3/t15-/m0/s1. The number of nitrogens with zero attached hydrogens (tertiary/aromatic N) is 5. The fraction of sp³-hybridized carbons (Fsp3) is 0.611. The van der Waals surface area contributed by atoms with Crippen molar-refractivity contribution in [2.75, 3.05) is 33.7 Å². The van der Waals surface area contributed by atoms with Crippen LogP contribution in [0.4, 0.5) is 0 Å². The Morgan fingerprint density at radius 2 is 2.28 bits per heavy atom. The highest BCUT2D eigenvalue weighted by Gasteiger charge is 2.29. The zero-order chi connectivity index (χ0) is 17.8. The Balaban J connectivity index is 1.65. The summed E-state index contributed by atoms with van der Waals surface area (Å²) in [4.78, 5) is 21.3. The molecule has 1 atom stereocenters. The van der Waals surface area contributed by atoms with Crippen LogP contribution in [0.5, 0.6) is 0 Å². The summed E-state index contributed by atoms with van der Waals surface area (Å²) in [5.41, 5.74) is 0.396. The third kappa shape index (κ3) is 4.28. The Kier molecular flexibility index (Phi) is 5.53. The third-order valence-electron chi connectivity index (χ3n) is 4.67. The fourth-order valence-corrected chi connectivity index (χ4v) is 3.43. The Bertz CT molecular complexity index is 706. The molecule has 1 fully saturated rings. The SMILES string of the molecule is Cc1cc(C(=O)N2CCC[C@H](c3nccn3CCCN(C)C)C2)no1. The largest absolute Gasteiger partial charge is 0.361 e. The second kappa shape index (κ2) is 7.82. The van der Waals surface area contributed by atoms with Crippen LogP contribution in [0.1, 0.15) is 47.3 Å². The van der Waals surface area contributed by atoms with E-state index < -0.39 is 0 Å². The number of likely N-dealkylation sites (tertiary alicyclic amines) is 1. The number of piperidine rings is 1. The molecular formula is C18H27N5O2. The van der Waals surface area contributed by atoms with E-state index in [2.05, 4.69) is 33.7 Å². The zero-order valence-corrected chi connectivity index (χ0v) is 15.3. The van der Waals surface area contributed by atoms with Crippen molar-refractivity contribution in [3.05, 3.63) is 35.7 Å². The Hall–Kier alpha value is -2.15. The summed E-state index contributed by atoms with van der Waals surface area (Å²) in [6.07, 6.45) is 7.05. The number of imidazole rings is 1. The second-order valence-corrected chi connectivity index (χ2v) is 7.05. The molecule has 0 aliphatic carbocycles. The van der Waals surface area contributed by atoms with Crippen molar-refractivity contribution in [1.82, 2.24) is 24.5 Å². The van der Waals surface area contributed by atoms with Gasteiger partial charge in [0.15, 0.2) is 5.69 Å². The molecule has 2 aromatic rings. The van der Waals surface area contributed by atoms with Crippen molar-refractivity contribution in [3.8, 4) is 0 Å². The molecule has 1 aliphatic rings. The van der Waals surface area contributed by atoms with E-state index in [1.54, 1.807) is 13.0 Å². The summed E-state index contributed by atoms with van der Waals surface area (Å²) in [6.45, 7) is 5.27. The van der Waals surface area contributed by atoms with Gasteiger partial charge in [0.05, 0.1) is 0 Å². The molecule has 7 heteroatoms. The molecule has 1 saturated heterocycles. The van der Waals surface area contributed by atoms with E-state index >= 15 is 0 Å². The van der Waals surface area contributed by atoms with Gasteiger partial charge in [0.1, 0.15) is 11.6 Å². The molecule has 0 aromatic carbocycles. The molecule has 0 spiro atoms. The maximum atomic E-state index is 12.6. The van der Waals surface area contributed by atoms with Gasteiger partial charge in [0.2, 0.25) is 0 Å². The van der Waals surface area contributed by atoms with Crippen molar-refractivity contribution in [2.24, 2.45) is 0 Å². The van der Waals surface area contributed by atoms with Crippen LogP contribution in [-0.4, -0.2) is 64.1 Å². The number of aromatic nitrogens is 3. The summed E-state index contributed by atoms with van der Waals surface area (Å²) in [5, 5.41) is 3.86. The van der Waals surface area contributed by atoms with Crippen molar-refractivity contribution < 1.29 is 9.32 Å². The Labute approximate surface area is 148 Å². The van der Waals surface area contributed by atoms with Gasteiger partial charge in [-0.3, -0.25) is 4.79 Å². The minimum atomic E-state index is -0.0488. The molecule has 3 rings (SSSR count). The lowest BCUT2D eigenvalue weighted by Crippen LogP contribution is -2.40. The minimum absolute atomic E-state index is 0.0488. The molecule has 7 nitrogen and oxygen atoms in total. The monoisotopic (exact) mass is 345 g/mol. The highest BCUT2D eigenvalue weighted by Crippen LogP contribution is 2.27. The summed E-state index contributed by atoms with van der Waals surface area (Å²) in [6, 6.07) is 1.70. The fourth-order valence-electron chi connectivity index (χ4n) is 3.43. The number of amides is 1. The smallest absolute Gasteiger partial charge is 0.276 e. The number of aryl methyl sites for hydroxylation is 2. The van der Waals surface area contributed by atoms with Crippen molar-refractivity contribution in [1.29, 1.82) is 0 Å². The van der Waals surface area contributed by atoms with Crippen LogP contribution >= 0.6 is 0 Å². The average molecular weight is 345 g/mol. The Morgan fingerprint density at radius 1 is 1.44 bits per heavy atom. The minimum Gasteiger partial charge on any atom is -0.361 e. The second-order valence-electron chi connectivity index (χ2n) is 7.05. The maximum absolute atomic E-state index is 12.6. The average Bonchev–Trinajstić information content (AvgIpc) is 3.23. The van der Waals surface area contributed by atoms with Crippen LogP contribution in [0.25, 0.3) is 0 Å². The van der Waals surface area contributed by atoms with Crippen LogP contribution in [0.15, 0.2) is 23.0 Å². The molecule has 1 amide bonds. The number of hydrogen-bond donors (Lipinski definition) is 0. The molecule has 136 valence electrons. The molecule has 1 aliphatic heterocycles. The van der Waals surface area contributed by atoms with Crippen molar-refractivity contribution in [3.63, 3.8) is 0 Å². The summed E-state index contributed by atoms with van der Waals surface area (Å²) >= 11 is 0. The highest BCUT2D eigenvalue weighted by atomic mass is 16.5. The molecular weight excluding hydrogens is 318 g/mol. The molecule has 25 heavy (non-hydrogen) atoms. The topological polar surface area (TPSA) is 67.4 Å². The summed E-state index contributed by atoms with van der Waals surface area (Å²) in [7, 11) is 4.18. The van der Waals surface area contributed by atoms with E-state index in [1.807, 2.05) is 17.3 Å². The quantitative estimate of drug-likeness (QED) is 0.802. The summed E-state index contributed by atoms with van der Waals surface area (Å²) < 4.78 is 7.28. The van der Waals surface area contributed by atoms with Gasteiger partial charge in [-0.2, -0.15) is 0 Å². The number of rotatable bonds is 6.